The molecule has 0 aliphatic rings. The van der Waals surface area contributed by atoms with Crippen LogP contribution in [0.1, 0.15) is 27.7 Å². The van der Waals surface area contributed by atoms with Crippen LogP contribution in [0.5, 0.6) is 0 Å². The Bertz CT molecular complexity index is 1050. The molecule has 0 aliphatic carbocycles. The van der Waals surface area contributed by atoms with Gasteiger partial charge in [-0.15, -0.1) is 11.3 Å². The van der Waals surface area contributed by atoms with Crippen molar-refractivity contribution < 1.29 is 0 Å². The number of fused-ring (bicyclic) bond motifs is 1. The maximum absolute atomic E-state index is 5.68. The Hall–Kier alpha value is -2.57. The number of hydrogen-bond acceptors (Lipinski definition) is 5. The molecule has 0 spiro atoms. The normalized spacial score (nSPS) is 11.4. The lowest BCUT2D eigenvalue weighted by Crippen LogP contribution is -2.05. The summed E-state index contributed by atoms with van der Waals surface area (Å²) in [5, 5.41) is 3.15. The summed E-state index contributed by atoms with van der Waals surface area (Å²) in [5.74, 6) is 1.02. The van der Waals surface area contributed by atoms with Gasteiger partial charge in [0.05, 0.1) is 5.01 Å². The fourth-order valence-corrected chi connectivity index (χ4v) is 4.04. The minimum atomic E-state index is 0.659. The van der Waals surface area contributed by atoms with Crippen LogP contribution in [0, 0.1) is 13.8 Å². The first-order chi connectivity index (χ1) is 13.2. The smallest absolute Gasteiger partial charge is 0.165 e. The second-order valence-corrected chi connectivity index (χ2v) is 7.73. The zero-order chi connectivity index (χ0) is 18.8. The Balaban J connectivity index is 1.80. The van der Waals surface area contributed by atoms with Gasteiger partial charge in [0.25, 0.3) is 0 Å². The fourth-order valence-electron chi connectivity index (χ4n) is 3.42. The predicted octanol–water partition coefficient (Wildman–Crippen LogP) is 3.78. The Morgan fingerprint density at radius 3 is 2.56 bits per heavy atom. The van der Waals surface area contributed by atoms with Crippen molar-refractivity contribution in [3.63, 3.8) is 0 Å². The third-order valence-electron chi connectivity index (χ3n) is 4.68. The zero-order valence-electron chi connectivity index (χ0n) is 15.6. The number of hydrogen-bond donors (Lipinski definition) is 1. The number of aromatic nitrogens is 4. The molecule has 2 N–H and O–H groups in total. The van der Waals surface area contributed by atoms with Gasteiger partial charge in [-0.25, -0.2) is 15.0 Å². The maximum atomic E-state index is 5.68. The number of imidazole rings is 1. The molecule has 0 saturated carbocycles. The highest BCUT2D eigenvalue weighted by atomic mass is 32.1. The first-order valence-corrected chi connectivity index (χ1v) is 10.1. The van der Waals surface area contributed by atoms with Crippen molar-refractivity contribution in [1.82, 2.24) is 19.5 Å². The van der Waals surface area contributed by atoms with Gasteiger partial charge in [-0.2, -0.15) is 0 Å². The predicted molar refractivity (Wildman–Crippen MR) is 111 cm³/mol. The molecule has 0 fully saturated rings. The van der Waals surface area contributed by atoms with Gasteiger partial charge in [-0.05, 0) is 56.1 Å². The Morgan fingerprint density at radius 1 is 1.04 bits per heavy atom. The third-order valence-corrected chi connectivity index (χ3v) is 5.52. The standard InChI is InChI=1S/C21H23N5S/c1-14-13-15(2)24-21-20(14)25-18(7-8-19-23-11-12-27-19)26(21)17-5-3-16(4-6-17)9-10-22/h3-6,11-13H,7-10,22H2,1-2H3. The van der Waals surface area contributed by atoms with Crippen LogP contribution in [0.15, 0.2) is 41.9 Å². The van der Waals surface area contributed by atoms with Gasteiger partial charge in [-0.3, -0.25) is 4.57 Å². The van der Waals surface area contributed by atoms with Crippen molar-refractivity contribution in [3.8, 4) is 5.69 Å². The van der Waals surface area contributed by atoms with Crippen LogP contribution in [0.25, 0.3) is 16.9 Å². The van der Waals surface area contributed by atoms with E-state index in [1.54, 1.807) is 11.3 Å². The molecule has 3 heterocycles. The van der Waals surface area contributed by atoms with E-state index in [0.717, 1.165) is 58.2 Å². The summed E-state index contributed by atoms with van der Waals surface area (Å²) in [4.78, 5) is 14.2. The van der Waals surface area contributed by atoms with Crippen molar-refractivity contribution in [1.29, 1.82) is 0 Å². The Labute approximate surface area is 162 Å². The molecule has 4 aromatic rings. The average molecular weight is 378 g/mol. The van der Waals surface area contributed by atoms with E-state index in [1.165, 1.54) is 5.56 Å². The topological polar surface area (TPSA) is 69.6 Å². The highest BCUT2D eigenvalue weighted by molar-refractivity contribution is 7.09. The molecule has 0 radical (unpaired) electrons. The second kappa shape index (κ2) is 7.58. The molecule has 0 amide bonds. The van der Waals surface area contributed by atoms with Crippen molar-refractivity contribution in [2.45, 2.75) is 33.1 Å². The molecule has 1 aromatic carbocycles. The van der Waals surface area contributed by atoms with E-state index in [-0.39, 0.29) is 0 Å². The first kappa shape index (κ1) is 17.8. The number of benzene rings is 1. The summed E-state index contributed by atoms with van der Waals surface area (Å²) in [7, 11) is 0. The van der Waals surface area contributed by atoms with Gasteiger partial charge < -0.3 is 5.73 Å². The lowest BCUT2D eigenvalue weighted by Gasteiger charge is -2.10. The Morgan fingerprint density at radius 2 is 1.85 bits per heavy atom. The van der Waals surface area contributed by atoms with E-state index in [9.17, 15) is 0 Å². The van der Waals surface area contributed by atoms with E-state index in [2.05, 4.69) is 46.8 Å². The fraction of sp³-hybridized carbons (Fsp3) is 0.286. The van der Waals surface area contributed by atoms with Crippen LogP contribution < -0.4 is 5.73 Å². The van der Waals surface area contributed by atoms with E-state index >= 15 is 0 Å². The molecular formula is C21H23N5S. The van der Waals surface area contributed by atoms with Gasteiger partial charge >= 0.3 is 0 Å². The molecular weight excluding hydrogens is 354 g/mol. The van der Waals surface area contributed by atoms with Crippen LogP contribution >= 0.6 is 11.3 Å². The highest BCUT2D eigenvalue weighted by Crippen LogP contribution is 2.25. The molecule has 3 aromatic heterocycles. The van der Waals surface area contributed by atoms with Gasteiger partial charge in [0.15, 0.2) is 5.65 Å². The third kappa shape index (κ3) is 3.63. The van der Waals surface area contributed by atoms with E-state index < -0.39 is 0 Å². The highest BCUT2D eigenvalue weighted by Gasteiger charge is 2.16. The summed E-state index contributed by atoms with van der Waals surface area (Å²) < 4.78 is 2.19. The molecule has 4 rings (SSSR count). The monoisotopic (exact) mass is 377 g/mol. The second-order valence-electron chi connectivity index (χ2n) is 6.75. The number of thiazole rings is 1. The SMILES string of the molecule is Cc1cc(C)c2nc(CCc3nccs3)n(-c3ccc(CCN)cc3)c2n1. The average Bonchev–Trinajstić information content (AvgIpc) is 3.29. The summed E-state index contributed by atoms with van der Waals surface area (Å²) in [6.45, 7) is 4.79. The molecule has 0 bridgehead atoms. The van der Waals surface area contributed by atoms with Gasteiger partial charge in [0.1, 0.15) is 11.3 Å². The lowest BCUT2D eigenvalue weighted by molar-refractivity contribution is 0.829. The van der Waals surface area contributed by atoms with Crippen LogP contribution in [0.3, 0.4) is 0 Å². The molecule has 27 heavy (non-hydrogen) atoms. The minimum Gasteiger partial charge on any atom is -0.330 e. The van der Waals surface area contributed by atoms with Crippen LogP contribution in [-0.2, 0) is 19.3 Å². The van der Waals surface area contributed by atoms with Gasteiger partial charge in [-0.1, -0.05) is 12.1 Å². The van der Waals surface area contributed by atoms with Crippen molar-refractivity contribution in [3.05, 3.63) is 69.6 Å². The molecule has 0 saturated heterocycles. The summed E-state index contributed by atoms with van der Waals surface area (Å²) in [5.41, 5.74) is 12.1. The van der Waals surface area contributed by atoms with Crippen molar-refractivity contribution in [2.24, 2.45) is 5.73 Å². The van der Waals surface area contributed by atoms with Crippen molar-refractivity contribution >= 4 is 22.5 Å². The van der Waals surface area contributed by atoms with Crippen LogP contribution in [-0.4, -0.2) is 26.1 Å². The number of aryl methyl sites for hydroxylation is 4. The van der Waals surface area contributed by atoms with Gasteiger partial charge in [0, 0.05) is 35.8 Å². The number of pyridine rings is 1. The maximum Gasteiger partial charge on any atom is 0.165 e. The number of rotatable bonds is 6. The first-order valence-electron chi connectivity index (χ1n) is 9.19. The zero-order valence-corrected chi connectivity index (χ0v) is 16.5. The number of nitrogens with zero attached hydrogens (tertiary/aromatic N) is 4. The van der Waals surface area contributed by atoms with Crippen LogP contribution in [0.4, 0.5) is 0 Å². The molecule has 138 valence electrons. The summed E-state index contributed by atoms with van der Waals surface area (Å²) in [6.07, 6.45) is 4.45. The summed E-state index contributed by atoms with van der Waals surface area (Å²) >= 11 is 1.69. The molecule has 0 aliphatic heterocycles. The van der Waals surface area contributed by atoms with Crippen LogP contribution in [0.2, 0.25) is 0 Å². The molecule has 6 heteroatoms. The van der Waals surface area contributed by atoms with Crippen molar-refractivity contribution in [2.75, 3.05) is 6.54 Å². The molecule has 0 atom stereocenters. The van der Waals surface area contributed by atoms with Gasteiger partial charge in [0.2, 0.25) is 0 Å². The largest absolute Gasteiger partial charge is 0.330 e. The molecule has 0 unspecified atom stereocenters. The number of nitrogens with two attached hydrogens (primary N) is 1. The quantitative estimate of drug-likeness (QED) is 0.555. The molecule has 5 nitrogen and oxygen atoms in total. The van der Waals surface area contributed by atoms with E-state index in [1.807, 2.05) is 18.5 Å². The lowest BCUT2D eigenvalue weighted by atomic mass is 10.1. The minimum absolute atomic E-state index is 0.659. The van der Waals surface area contributed by atoms with E-state index in [0.29, 0.717) is 6.54 Å². The van der Waals surface area contributed by atoms with E-state index in [4.69, 9.17) is 15.7 Å². The Kier molecular flexibility index (Phi) is 5.01. The summed E-state index contributed by atoms with van der Waals surface area (Å²) in [6, 6.07) is 10.6.